The molecule has 0 spiro atoms. The van der Waals surface area contributed by atoms with Crippen molar-refractivity contribution in [2.45, 2.75) is 51.0 Å². The third-order valence-corrected chi connectivity index (χ3v) is 4.80. The Morgan fingerprint density at radius 1 is 1.07 bits per heavy atom. The van der Waals surface area contributed by atoms with Gasteiger partial charge in [-0.15, -0.1) is 0 Å². The SMILES string of the molecule is C1CCC(CCNC2CCSC2)CC1. The van der Waals surface area contributed by atoms with Crippen LogP contribution in [-0.4, -0.2) is 24.1 Å². The summed E-state index contributed by atoms with van der Waals surface area (Å²) in [5.74, 6) is 3.77. The molecule has 1 saturated carbocycles. The van der Waals surface area contributed by atoms with Gasteiger partial charge >= 0.3 is 0 Å². The fourth-order valence-electron chi connectivity index (χ4n) is 2.66. The van der Waals surface area contributed by atoms with Crippen LogP contribution in [0.4, 0.5) is 0 Å². The molecule has 1 aliphatic heterocycles. The molecule has 1 aliphatic carbocycles. The van der Waals surface area contributed by atoms with Gasteiger partial charge < -0.3 is 5.32 Å². The van der Waals surface area contributed by atoms with Gasteiger partial charge in [-0.2, -0.15) is 11.8 Å². The number of hydrogen-bond acceptors (Lipinski definition) is 2. The second-order valence-electron chi connectivity index (χ2n) is 4.81. The van der Waals surface area contributed by atoms with E-state index in [2.05, 4.69) is 17.1 Å². The summed E-state index contributed by atoms with van der Waals surface area (Å²) in [4.78, 5) is 0. The summed E-state index contributed by atoms with van der Waals surface area (Å²) in [7, 11) is 0. The van der Waals surface area contributed by atoms with E-state index < -0.39 is 0 Å². The van der Waals surface area contributed by atoms with Crippen LogP contribution in [0.2, 0.25) is 0 Å². The van der Waals surface area contributed by atoms with Gasteiger partial charge in [0.05, 0.1) is 0 Å². The Morgan fingerprint density at radius 2 is 1.93 bits per heavy atom. The minimum Gasteiger partial charge on any atom is -0.313 e. The molecular weight excluding hydrogens is 190 g/mol. The van der Waals surface area contributed by atoms with E-state index in [9.17, 15) is 0 Å². The van der Waals surface area contributed by atoms with Gasteiger partial charge in [0.2, 0.25) is 0 Å². The lowest BCUT2D eigenvalue weighted by Crippen LogP contribution is -2.30. The van der Waals surface area contributed by atoms with Crippen LogP contribution in [-0.2, 0) is 0 Å². The van der Waals surface area contributed by atoms with E-state index in [1.165, 1.54) is 63.0 Å². The van der Waals surface area contributed by atoms with Gasteiger partial charge in [0.15, 0.2) is 0 Å². The Morgan fingerprint density at radius 3 is 2.64 bits per heavy atom. The minimum atomic E-state index is 0.837. The van der Waals surface area contributed by atoms with Crippen LogP contribution in [0.15, 0.2) is 0 Å². The molecular formula is C12H23NS. The van der Waals surface area contributed by atoms with E-state index in [0.717, 1.165) is 12.0 Å². The van der Waals surface area contributed by atoms with Gasteiger partial charge in [-0.3, -0.25) is 0 Å². The summed E-state index contributed by atoms with van der Waals surface area (Å²) in [5, 5.41) is 3.71. The number of thioether (sulfide) groups is 1. The highest BCUT2D eigenvalue weighted by Crippen LogP contribution is 2.26. The maximum absolute atomic E-state index is 3.71. The van der Waals surface area contributed by atoms with E-state index in [4.69, 9.17) is 0 Å². The first kappa shape index (κ1) is 10.8. The molecule has 0 amide bonds. The number of nitrogens with one attached hydrogen (secondary N) is 1. The summed E-state index contributed by atoms with van der Waals surface area (Å²) in [6.45, 7) is 1.27. The predicted octanol–water partition coefficient (Wildman–Crippen LogP) is 3.05. The smallest absolute Gasteiger partial charge is 0.0166 e. The third-order valence-electron chi connectivity index (χ3n) is 3.64. The zero-order valence-electron chi connectivity index (χ0n) is 9.13. The molecule has 1 heterocycles. The Hall–Kier alpha value is 0.310. The highest BCUT2D eigenvalue weighted by molar-refractivity contribution is 7.99. The Kier molecular flexibility index (Phi) is 4.65. The Balaban J connectivity index is 1.52. The maximum Gasteiger partial charge on any atom is 0.0166 e. The van der Waals surface area contributed by atoms with Crippen molar-refractivity contribution in [2.24, 2.45) is 5.92 Å². The van der Waals surface area contributed by atoms with Gasteiger partial charge in [0.25, 0.3) is 0 Å². The molecule has 2 heteroatoms. The molecule has 1 unspecified atom stereocenters. The van der Waals surface area contributed by atoms with Crippen molar-refractivity contribution in [3.05, 3.63) is 0 Å². The van der Waals surface area contributed by atoms with Gasteiger partial charge in [-0.25, -0.2) is 0 Å². The van der Waals surface area contributed by atoms with Crippen LogP contribution in [0.1, 0.15) is 44.9 Å². The van der Waals surface area contributed by atoms with Crippen molar-refractivity contribution >= 4 is 11.8 Å². The average Bonchev–Trinajstić information content (AvgIpc) is 2.72. The van der Waals surface area contributed by atoms with Crippen molar-refractivity contribution in [3.8, 4) is 0 Å². The molecule has 82 valence electrons. The minimum absolute atomic E-state index is 0.837. The van der Waals surface area contributed by atoms with Crippen molar-refractivity contribution < 1.29 is 0 Å². The number of rotatable bonds is 4. The van der Waals surface area contributed by atoms with Crippen LogP contribution in [0.3, 0.4) is 0 Å². The Bertz CT molecular complexity index is 148. The lowest BCUT2D eigenvalue weighted by Gasteiger charge is -2.22. The van der Waals surface area contributed by atoms with Crippen molar-refractivity contribution in [2.75, 3.05) is 18.1 Å². The molecule has 2 fully saturated rings. The zero-order valence-corrected chi connectivity index (χ0v) is 9.95. The quantitative estimate of drug-likeness (QED) is 0.770. The molecule has 0 aromatic rings. The van der Waals surface area contributed by atoms with Gasteiger partial charge in [-0.05, 0) is 31.1 Å². The monoisotopic (exact) mass is 213 g/mol. The summed E-state index contributed by atoms with van der Waals surface area (Å²) in [6.07, 6.45) is 10.3. The molecule has 1 saturated heterocycles. The van der Waals surface area contributed by atoms with Crippen LogP contribution >= 0.6 is 11.8 Å². The summed E-state index contributed by atoms with van der Waals surface area (Å²) in [6, 6.07) is 0.837. The van der Waals surface area contributed by atoms with Crippen LogP contribution in [0, 0.1) is 5.92 Å². The van der Waals surface area contributed by atoms with Crippen LogP contribution in [0.25, 0.3) is 0 Å². The van der Waals surface area contributed by atoms with E-state index in [-0.39, 0.29) is 0 Å². The lowest BCUT2D eigenvalue weighted by molar-refractivity contribution is 0.329. The fourth-order valence-corrected chi connectivity index (χ4v) is 3.85. The molecule has 1 N–H and O–H groups in total. The zero-order chi connectivity index (χ0) is 9.64. The van der Waals surface area contributed by atoms with Crippen LogP contribution in [0.5, 0.6) is 0 Å². The predicted molar refractivity (Wildman–Crippen MR) is 64.9 cm³/mol. The first-order valence-corrected chi connectivity index (χ1v) is 7.42. The van der Waals surface area contributed by atoms with E-state index in [1.807, 2.05) is 0 Å². The first-order valence-electron chi connectivity index (χ1n) is 6.26. The molecule has 14 heavy (non-hydrogen) atoms. The normalized spacial score (nSPS) is 29.6. The second kappa shape index (κ2) is 6.02. The molecule has 2 rings (SSSR count). The van der Waals surface area contributed by atoms with Gasteiger partial charge in [0.1, 0.15) is 0 Å². The second-order valence-corrected chi connectivity index (χ2v) is 5.96. The van der Waals surface area contributed by atoms with E-state index in [0.29, 0.717) is 0 Å². The standard InChI is InChI=1S/C12H23NS/c1-2-4-11(5-3-1)6-8-13-12-7-9-14-10-12/h11-13H,1-10H2. The molecule has 0 radical (unpaired) electrons. The molecule has 0 bridgehead atoms. The summed E-state index contributed by atoms with van der Waals surface area (Å²) < 4.78 is 0. The molecule has 1 nitrogen and oxygen atoms in total. The maximum atomic E-state index is 3.71. The topological polar surface area (TPSA) is 12.0 Å². The van der Waals surface area contributed by atoms with Crippen molar-refractivity contribution in [1.29, 1.82) is 0 Å². The fraction of sp³-hybridized carbons (Fsp3) is 1.00. The molecule has 0 aromatic carbocycles. The van der Waals surface area contributed by atoms with Crippen molar-refractivity contribution in [1.82, 2.24) is 5.32 Å². The van der Waals surface area contributed by atoms with E-state index in [1.54, 1.807) is 0 Å². The lowest BCUT2D eigenvalue weighted by atomic mass is 9.87. The largest absolute Gasteiger partial charge is 0.313 e. The molecule has 1 atom stereocenters. The number of hydrogen-bond donors (Lipinski definition) is 1. The summed E-state index contributed by atoms with van der Waals surface area (Å²) in [5.41, 5.74) is 0. The first-order chi connectivity index (χ1) is 6.95. The van der Waals surface area contributed by atoms with Gasteiger partial charge in [-0.1, -0.05) is 32.1 Å². The average molecular weight is 213 g/mol. The molecule has 2 aliphatic rings. The Labute approximate surface area is 92.4 Å². The third kappa shape index (κ3) is 3.47. The van der Waals surface area contributed by atoms with Gasteiger partial charge in [0, 0.05) is 11.8 Å². The van der Waals surface area contributed by atoms with Crippen molar-refractivity contribution in [3.63, 3.8) is 0 Å². The molecule has 0 aromatic heterocycles. The highest BCUT2D eigenvalue weighted by Gasteiger charge is 2.16. The summed E-state index contributed by atoms with van der Waals surface area (Å²) >= 11 is 2.11. The highest BCUT2D eigenvalue weighted by atomic mass is 32.2. The van der Waals surface area contributed by atoms with E-state index >= 15 is 0 Å². The van der Waals surface area contributed by atoms with Crippen LogP contribution < -0.4 is 5.32 Å².